The molecule has 0 aliphatic heterocycles. The summed E-state index contributed by atoms with van der Waals surface area (Å²) in [5.74, 6) is 1.21. The second kappa shape index (κ2) is 6.30. The predicted molar refractivity (Wildman–Crippen MR) is 80.8 cm³/mol. The molecule has 0 bridgehead atoms. The van der Waals surface area contributed by atoms with Crippen LogP contribution in [0.4, 0.5) is 5.69 Å². The largest absolute Gasteiger partial charge is 0.493 e. The molecule has 112 valence electrons. The number of nitrogens with one attached hydrogen (secondary N) is 2. The number of carbonyl (C=O) groups excluding carboxylic acids is 1. The van der Waals surface area contributed by atoms with Crippen LogP contribution in [0.2, 0.25) is 0 Å². The van der Waals surface area contributed by atoms with Crippen LogP contribution >= 0.6 is 0 Å². The van der Waals surface area contributed by atoms with Gasteiger partial charge in [0.05, 0.1) is 25.6 Å². The molecule has 2 rings (SSSR count). The van der Waals surface area contributed by atoms with Crippen molar-refractivity contribution in [2.45, 2.75) is 20.3 Å². The number of methoxy groups -OCH3 is 2. The van der Waals surface area contributed by atoms with Crippen LogP contribution in [0.3, 0.4) is 0 Å². The first kappa shape index (κ1) is 14.9. The van der Waals surface area contributed by atoms with Gasteiger partial charge in [-0.25, -0.2) is 0 Å². The monoisotopic (exact) mass is 289 g/mol. The molecular weight excluding hydrogens is 270 g/mol. The molecule has 0 radical (unpaired) electrons. The van der Waals surface area contributed by atoms with E-state index in [9.17, 15) is 4.79 Å². The van der Waals surface area contributed by atoms with Gasteiger partial charge in [0.2, 0.25) is 5.91 Å². The average molecular weight is 289 g/mol. The van der Waals surface area contributed by atoms with Gasteiger partial charge < -0.3 is 14.8 Å². The van der Waals surface area contributed by atoms with Crippen molar-refractivity contribution in [1.82, 2.24) is 10.2 Å². The summed E-state index contributed by atoms with van der Waals surface area (Å²) in [7, 11) is 3.17. The lowest BCUT2D eigenvalue weighted by Gasteiger charge is -2.10. The number of hydrogen-bond donors (Lipinski definition) is 2. The van der Waals surface area contributed by atoms with Gasteiger partial charge in [-0.15, -0.1) is 0 Å². The summed E-state index contributed by atoms with van der Waals surface area (Å²) in [6, 6.07) is 5.51. The van der Waals surface area contributed by atoms with E-state index in [-0.39, 0.29) is 5.91 Å². The first-order valence-corrected chi connectivity index (χ1v) is 6.67. The summed E-state index contributed by atoms with van der Waals surface area (Å²) >= 11 is 0. The van der Waals surface area contributed by atoms with Gasteiger partial charge in [0, 0.05) is 12.0 Å². The lowest BCUT2D eigenvalue weighted by Crippen LogP contribution is -2.10. The summed E-state index contributed by atoms with van der Waals surface area (Å²) in [6.45, 7) is 3.67. The van der Waals surface area contributed by atoms with E-state index in [1.807, 2.05) is 25.1 Å². The number of amides is 1. The van der Waals surface area contributed by atoms with E-state index in [1.54, 1.807) is 21.1 Å². The van der Waals surface area contributed by atoms with Crippen molar-refractivity contribution >= 4 is 11.6 Å². The molecule has 0 atom stereocenters. The molecule has 0 unspecified atom stereocenters. The van der Waals surface area contributed by atoms with E-state index >= 15 is 0 Å². The third kappa shape index (κ3) is 2.99. The minimum absolute atomic E-state index is 0.0544. The van der Waals surface area contributed by atoms with E-state index in [2.05, 4.69) is 15.5 Å². The van der Waals surface area contributed by atoms with Gasteiger partial charge in [-0.05, 0) is 25.1 Å². The third-order valence-corrected chi connectivity index (χ3v) is 3.19. The van der Waals surface area contributed by atoms with E-state index in [4.69, 9.17) is 9.47 Å². The van der Waals surface area contributed by atoms with Crippen LogP contribution in [0.15, 0.2) is 18.2 Å². The number of H-pyrrole nitrogens is 1. The maximum atomic E-state index is 11.6. The highest BCUT2D eigenvalue weighted by atomic mass is 16.5. The predicted octanol–water partition coefficient (Wildman–Crippen LogP) is 2.75. The first-order chi connectivity index (χ1) is 10.1. The zero-order valence-corrected chi connectivity index (χ0v) is 12.6. The van der Waals surface area contributed by atoms with Crippen molar-refractivity contribution in [3.05, 3.63) is 23.9 Å². The zero-order chi connectivity index (χ0) is 15.4. The molecule has 2 aromatic rings. The highest BCUT2D eigenvalue weighted by molar-refractivity contribution is 5.95. The molecule has 6 nitrogen and oxygen atoms in total. The molecule has 0 aliphatic carbocycles. The van der Waals surface area contributed by atoms with Gasteiger partial charge in [-0.3, -0.25) is 9.89 Å². The number of aromatic amines is 1. The Morgan fingerprint density at radius 3 is 2.62 bits per heavy atom. The fourth-order valence-corrected chi connectivity index (χ4v) is 2.00. The summed E-state index contributed by atoms with van der Waals surface area (Å²) in [4.78, 5) is 11.6. The Balaban J connectivity index is 2.45. The Labute approximate surface area is 123 Å². The lowest BCUT2D eigenvalue weighted by molar-refractivity contribution is -0.115. The molecule has 1 amide bonds. The van der Waals surface area contributed by atoms with Gasteiger partial charge in [0.25, 0.3) is 0 Å². The molecule has 1 aromatic carbocycles. The fourth-order valence-electron chi connectivity index (χ4n) is 2.00. The summed E-state index contributed by atoms with van der Waals surface area (Å²) < 4.78 is 10.5. The fraction of sp³-hybridized carbons (Fsp3) is 0.333. The van der Waals surface area contributed by atoms with E-state index in [1.165, 1.54) is 0 Å². The molecule has 1 aromatic heterocycles. The van der Waals surface area contributed by atoms with Crippen LogP contribution < -0.4 is 14.8 Å². The van der Waals surface area contributed by atoms with E-state index in [0.717, 1.165) is 11.3 Å². The number of rotatable bonds is 5. The number of anilines is 1. The molecule has 0 fully saturated rings. The second-order valence-corrected chi connectivity index (χ2v) is 4.54. The Kier molecular flexibility index (Phi) is 4.47. The highest BCUT2D eigenvalue weighted by Gasteiger charge is 2.16. The SMILES string of the molecule is CCC(=O)Nc1c(-c2ccc(OC)c(OC)c2)n[nH]c1C. The van der Waals surface area contributed by atoms with E-state index < -0.39 is 0 Å². The summed E-state index contributed by atoms with van der Waals surface area (Å²) in [5.41, 5.74) is 3.01. The molecule has 1 heterocycles. The van der Waals surface area contributed by atoms with Crippen LogP contribution in [0.25, 0.3) is 11.3 Å². The van der Waals surface area contributed by atoms with Gasteiger partial charge in [-0.1, -0.05) is 6.92 Å². The number of aryl methyl sites for hydroxylation is 1. The average Bonchev–Trinajstić information content (AvgIpc) is 2.87. The molecule has 21 heavy (non-hydrogen) atoms. The molecular formula is C15H19N3O3. The maximum Gasteiger partial charge on any atom is 0.224 e. The normalized spacial score (nSPS) is 10.3. The van der Waals surface area contributed by atoms with Gasteiger partial charge in [0.1, 0.15) is 5.69 Å². The van der Waals surface area contributed by atoms with Crippen molar-refractivity contribution in [3.8, 4) is 22.8 Å². The van der Waals surface area contributed by atoms with Crippen LogP contribution in [0.5, 0.6) is 11.5 Å². The molecule has 0 saturated heterocycles. The number of carbonyl (C=O) groups is 1. The van der Waals surface area contributed by atoms with Gasteiger partial charge in [0.15, 0.2) is 11.5 Å². The third-order valence-electron chi connectivity index (χ3n) is 3.19. The van der Waals surface area contributed by atoms with Crippen molar-refractivity contribution < 1.29 is 14.3 Å². The quantitative estimate of drug-likeness (QED) is 0.887. The first-order valence-electron chi connectivity index (χ1n) is 6.67. The van der Waals surface area contributed by atoms with Crippen LogP contribution in [0.1, 0.15) is 19.0 Å². The van der Waals surface area contributed by atoms with Gasteiger partial charge in [-0.2, -0.15) is 5.10 Å². The summed E-state index contributed by atoms with van der Waals surface area (Å²) in [6.07, 6.45) is 0.413. The number of nitrogens with zero attached hydrogens (tertiary/aromatic N) is 1. The minimum atomic E-state index is -0.0544. The van der Waals surface area contributed by atoms with Crippen LogP contribution in [-0.2, 0) is 4.79 Å². The standard InChI is InChI=1S/C15H19N3O3/c1-5-13(19)16-14-9(2)17-18-15(14)10-6-7-11(20-3)12(8-10)21-4/h6-8H,5H2,1-4H3,(H,16,19)(H,17,18). The van der Waals surface area contributed by atoms with Crippen LogP contribution in [0, 0.1) is 6.92 Å². The van der Waals surface area contributed by atoms with Crippen molar-refractivity contribution in [1.29, 1.82) is 0 Å². The Morgan fingerprint density at radius 1 is 1.29 bits per heavy atom. The number of aromatic nitrogens is 2. The van der Waals surface area contributed by atoms with Crippen molar-refractivity contribution in [3.63, 3.8) is 0 Å². The second-order valence-electron chi connectivity index (χ2n) is 4.54. The number of benzene rings is 1. The minimum Gasteiger partial charge on any atom is -0.493 e. The molecule has 0 saturated carbocycles. The topological polar surface area (TPSA) is 76.2 Å². The lowest BCUT2D eigenvalue weighted by atomic mass is 10.1. The van der Waals surface area contributed by atoms with E-state index in [0.29, 0.717) is 29.3 Å². The Bertz CT molecular complexity index is 650. The Morgan fingerprint density at radius 2 is 2.00 bits per heavy atom. The van der Waals surface area contributed by atoms with Gasteiger partial charge >= 0.3 is 0 Å². The zero-order valence-electron chi connectivity index (χ0n) is 12.6. The molecule has 6 heteroatoms. The smallest absolute Gasteiger partial charge is 0.224 e. The molecule has 0 spiro atoms. The number of hydrogen-bond acceptors (Lipinski definition) is 4. The molecule has 2 N–H and O–H groups in total. The molecule has 0 aliphatic rings. The van der Waals surface area contributed by atoms with Crippen molar-refractivity contribution in [2.75, 3.05) is 19.5 Å². The maximum absolute atomic E-state index is 11.6. The summed E-state index contributed by atoms with van der Waals surface area (Å²) in [5, 5.41) is 10.0. The van der Waals surface area contributed by atoms with Crippen LogP contribution in [-0.4, -0.2) is 30.3 Å². The highest BCUT2D eigenvalue weighted by Crippen LogP contribution is 2.35. The Hall–Kier alpha value is -2.50. The number of ether oxygens (including phenoxy) is 2. The van der Waals surface area contributed by atoms with Crippen molar-refractivity contribution in [2.24, 2.45) is 0 Å².